The molecule has 0 bridgehead atoms. The number of methoxy groups -OCH3 is 1. The smallest absolute Gasteiger partial charge is 0.254 e. The van der Waals surface area contributed by atoms with Gasteiger partial charge in [0.15, 0.2) is 0 Å². The van der Waals surface area contributed by atoms with E-state index < -0.39 is 12.0 Å². The van der Waals surface area contributed by atoms with Gasteiger partial charge in [-0.2, -0.15) is 0 Å². The van der Waals surface area contributed by atoms with Crippen molar-refractivity contribution in [3.05, 3.63) is 95.7 Å². The summed E-state index contributed by atoms with van der Waals surface area (Å²) in [5.41, 5.74) is 3.68. The Bertz CT molecular complexity index is 1400. The third-order valence-electron chi connectivity index (χ3n) is 6.64. The summed E-state index contributed by atoms with van der Waals surface area (Å²) in [6.07, 6.45) is 1.91. The molecule has 0 unspecified atom stereocenters. The van der Waals surface area contributed by atoms with Gasteiger partial charge in [-0.15, -0.1) is 0 Å². The summed E-state index contributed by atoms with van der Waals surface area (Å²) in [4.78, 5) is 32.9. The molecule has 5 rings (SSSR count). The molecule has 2 heterocycles. The van der Waals surface area contributed by atoms with E-state index in [0.717, 1.165) is 16.5 Å². The number of aromatic nitrogens is 1. The summed E-state index contributed by atoms with van der Waals surface area (Å²) in [7, 11) is 1.61. The van der Waals surface area contributed by atoms with Crippen molar-refractivity contribution in [1.82, 2.24) is 9.88 Å². The Hall–Kier alpha value is -4.10. The van der Waals surface area contributed by atoms with E-state index in [1.807, 2.05) is 79.9 Å². The molecular formula is C29H29N3O4. The molecule has 0 spiro atoms. The Kier molecular flexibility index (Phi) is 6.73. The second-order valence-corrected chi connectivity index (χ2v) is 8.71. The van der Waals surface area contributed by atoms with Gasteiger partial charge in [0.25, 0.3) is 5.91 Å². The van der Waals surface area contributed by atoms with Gasteiger partial charge in [0.05, 0.1) is 30.9 Å². The van der Waals surface area contributed by atoms with E-state index in [-0.39, 0.29) is 11.8 Å². The average molecular weight is 484 g/mol. The highest BCUT2D eigenvalue weighted by molar-refractivity contribution is 6.05. The molecule has 1 aliphatic heterocycles. The van der Waals surface area contributed by atoms with Crippen molar-refractivity contribution in [3.8, 4) is 5.75 Å². The Morgan fingerprint density at radius 3 is 2.58 bits per heavy atom. The first kappa shape index (κ1) is 23.6. The zero-order chi connectivity index (χ0) is 25.1. The summed E-state index contributed by atoms with van der Waals surface area (Å²) in [6.45, 7) is 3.10. The van der Waals surface area contributed by atoms with Crippen molar-refractivity contribution in [2.45, 2.75) is 18.9 Å². The maximum atomic E-state index is 14.1. The minimum absolute atomic E-state index is 0.114. The lowest BCUT2D eigenvalue weighted by atomic mass is 9.79. The van der Waals surface area contributed by atoms with Crippen LogP contribution in [0.5, 0.6) is 5.75 Å². The highest BCUT2D eigenvalue weighted by Crippen LogP contribution is 2.45. The topological polar surface area (TPSA) is 83.7 Å². The summed E-state index contributed by atoms with van der Waals surface area (Å²) < 4.78 is 11.1. The van der Waals surface area contributed by atoms with Gasteiger partial charge in [-0.3, -0.25) is 9.59 Å². The van der Waals surface area contributed by atoms with Crippen molar-refractivity contribution in [2.24, 2.45) is 0 Å². The van der Waals surface area contributed by atoms with Gasteiger partial charge in [0.2, 0.25) is 5.91 Å². The Labute approximate surface area is 210 Å². The zero-order valence-corrected chi connectivity index (χ0v) is 20.4. The molecular weight excluding hydrogens is 454 g/mol. The average Bonchev–Trinajstić information content (AvgIpc) is 3.33. The standard InChI is InChI=1S/C29H29N3O4/c1-3-36-25-15-9-8-14-24(25)31-28(33)26-20-11-4-5-12-21(20)29(34)32(16-17-35-2)27(26)22-18-30-23-13-7-6-10-19(22)23/h4-15,18,26-27,30H,3,16-17H2,1-2H3,(H,31,33)/t26-,27-/m1/s1. The van der Waals surface area contributed by atoms with Crippen LogP contribution in [0.1, 0.15) is 40.4 Å². The number of carbonyl (C=O) groups excluding carboxylic acids is 2. The molecule has 0 radical (unpaired) electrons. The number of nitrogens with one attached hydrogen (secondary N) is 2. The van der Waals surface area contributed by atoms with E-state index in [1.54, 1.807) is 18.1 Å². The molecule has 1 aliphatic rings. The maximum Gasteiger partial charge on any atom is 0.254 e. The highest BCUT2D eigenvalue weighted by atomic mass is 16.5. The summed E-state index contributed by atoms with van der Waals surface area (Å²) in [6, 6.07) is 22.2. The molecule has 7 nitrogen and oxygen atoms in total. The van der Waals surface area contributed by atoms with Gasteiger partial charge in [-0.05, 0) is 36.8 Å². The van der Waals surface area contributed by atoms with Crippen molar-refractivity contribution < 1.29 is 19.1 Å². The first-order valence-corrected chi connectivity index (χ1v) is 12.1. The SMILES string of the molecule is CCOc1ccccc1NC(=O)[C@@H]1c2ccccc2C(=O)N(CCOC)[C@@H]1c1c[nH]c2ccccc12. The molecule has 4 aromatic rings. The summed E-state index contributed by atoms with van der Waals surface area (Å²) >= 11 is 0. The zero-order valence-electron chi connectivity index (χ0n) is 20.4. The Morgan fingerprint density at radius 1 is 1.00 bits per heavy atom. The molecule has 0 aliphatic carbocycles. The van der Waals surface area contributed by atoms with E-state index >= 15 is 0 Å². The van der Waals surface area contributed by atoms with Crippen molar-refractivity contribution >= 4 is 28.4 Å². The molecule has 36 heavy (non-hydrogen) atoms. The molecule has 1 aromatic heterocycles. The number of ether oxygens (including phenoxy) is 2. The van der Waals surface area contributed by atoms with Crippen LogP contribution in [0, 0.1) is 0 Å². The fourth-order valence-electron chi connectivity index (χ4n) is 5.06. The molecule has 2 N–H and O–H groups in total. The number of benzene rings is 3. The Balaban J connectivity index is 1.66. The number of aromatic amines is 1. The lowest BCUT2D eigenvalue weighted by Gasteiger charge is -2.41. The minimum Gasteiger partial charge on any atom is -0.492 e. The van der Waals surface area contributed by atoms with Gasteiger partial charge < -0.3 is 24.7 Å². The van der Waals surface area contributed by atoms with Crippen molar-refractivity contribution in [2.75, 3.05) is 32.2 Å². The van der Waals surface area contributed by atoms with Crippen LogP contribution in [-0.2, 0) is 9.53 Å². The predicted octanol–water partition coefficient (Wildman–Crippen LogP) is 5.13. The maximum absolute atomic E-state index is 14.1. The second-order valence-electron chi connectivity index (χ2n) is 8.71. The third kappa shape index (κ3) is 4.22. The van der Waals surface area contributed by atoms with Gasteiger partial charge in [0.1, 0.15) is 5.75 Å². The number of hydrogen-bond acceptors (Lipinski definition) is 4. The number of rotatable bonds is 8. The van der Waals surface area contributed by atoms with Crippen LogP contribution >= 0.6 is 0 Å². The van der Waals surface area contributed by atoms with E-state index in [1.165, 1.54) is 0 Å². The van der Waals surface area contributed by atoms with Gasteiger partial charge in [-0.25, -0.2) is 0 Å². The third-order valence-corrected chi connectivity index (χ3v) is 6.64. The molecule has 2 amide bonds. The van der Waals surface area contributed by atoms with Crippen LogP contribution in [0.15, 0.2) is 79.0 Å². The van der Waals surface area contributed by atoms with Gasteiger partial charge >= 0.3 is 0 Å². The van der Waals surface area contributed by atoms with E-state index in [4.69, 9.17) is 9.47 Å². The number of para-hydroxylation sites is 3. The molecule has 2 atom stereocenters. The van der Waals surface area contributed by atoms with Crippen LogP contribution in [0.3, 0.4) is 0 Å². The van der Waals surface area contributed by atoms with Gasteiger partial charge in [0, 0.05) is 41.9 Å². The minimum atomic E-state index is -0.648. The molecule has 0 saturated carbocycles. The molecule has 3 aromatic carbocycles. The first-order valence-electron chi connectivity index (χ1n) is 12.1. The number of amides is 2. The molecule has 0 saturated heterocycles. The fourth-order valence-corrected chi connectivity index (χ4v) is 5.06. The second kappa shape index (κ2) is 10.3. The number of anilines is 1. The van der Waals surface area contributed by atoms with E-state index in [0.29, 0.717) is 42.3 Å². The predicted molar refractivity (Wildman–Crippen MR) is 139 cm³/mol. The number of carbonyl (C=O) groups is 2. The van der Waals surface area contributed by atoms with Crippen molar-refractivity contribution in [3.63, 3.8) is 0 Å². The fraction of sp³-hybridized carbons (Fsp3) is 0.241. The van der Waals surface area contributed by atoms with E-state index in [9.17, 15) is 9.59 Å². The monoisotopic (exact) mass is 483 g/mol. The van der Waals surface area contributed by atoms with Gasteiger partial charge in [-0.1, -0.05) is 48.5 Å². The number of H-pyrrole nitrogens is 1. The Morgan fingerprint density at radius 2 is 1.75 bits per heavy atom. The lowest BCUT2D eigenvalue weighted by molar-refractivity contribution is -0.119. The normalized spacial score (nSPS) is 17.2. The number of nitrogens with zero attached hydrogens (tertiary/aromatic N) is 1. The quantitative estimate of drug-likeness (QED) is 0.364. The van der Waals surface area contributed by atoms with E-state index in [2.05, 4.69) is 10.3 Å². The van der Waals surface area contributed by atoms with Crippen LogP contribution in [0.25, 0.3) is 10.9 Å². The largest absolute Gasteiger partial charge is 0.492 e. The lowest BCUT2D eigenvalue weighted by Crippen LogP contribution is -2.47. The van der Waals surface area contributed by atoms with Crippen LogP contribution in [-0.4, -0.2) is 48.6 Å². The highest BCUT2D eigenvalue weighted by Gasteiger charge is 2.45. The number of hydrogen-bond donors (Lipinski definition) is 2. The van der Waals surface area contributed by atoms with Crippen LogP contribution in [0.2, 0.25) is 0 Å². The van der Waals surface area contributed by atoms with Crippen LogP contribution in [0.4, 0.5) is 5.69 Å². The molecule has 7 heteroatoms. The molecule has 184 valence electrons. The summed E-state index contributed by atoms with van der Waals surface area (Å²) in [5.74, 6) is -0.366. The first-order chi connectivity index (χ1) is 17.6. The summed E-state index contributed by atoms with van der Waals surface area (Å²) in [5, 5.41) is 4.07. The van der Waals surface area contributed by atoms with Crippen molar-refractivity contribution in [1.29, 1.82) is 0 Å². The van der Waals surface area contributed by atoms with Crippen LogP contribution < -0.4 is 10.1 Å². The molecule has 0 fully saturated rings. The number of fused-ring (bicyclic) bond motifs is 2.